The largest absolute Gasteiger partial charge is 0.378 e. The van der Waals surface area contributed by atoms with Gasteiger partial charge < -0.3 is 15.0 Å². The van der Waals surface area contributed by atoms with Crippen LogP contribution >= 0.6 is 0 Å². The SMILES string of the molecule is C/C=C(\C=NC(=N)N1CCOCC1)CNC12CC3CC(CC(C3)C1)C2. The van der Waals surface area contributed by atoms with Crippen LogP contribution in [0.1, 0.15) is 45.4 Å². The predicted octanol–water partition coefficient (Wildman–Crippen LogP) is 2.83. The summed E-state index contributed by atoms with van der Waals surface area (Å²) in [5.74, 6) is 3.26. The molecule has 1 aliphatic heterocycles. The molecule has 0 radical (unpaired) electrons. The van der Waals surface area contributed by atoms with Gasteiger partial charge in [-0.15, -0.1) is 0 Å². The second-order valence-corrected chi connectivity index (χ2v) is 8.60. The highest BCUT2D eigenvalue weighted by Crippen LogP contribution is 2.55. The van der Waals surface area contributed by atoms with Crippen LogP contribution in [0.3, 0.4) is 0 Å². The lowest BCUT2D eigenvalue weighted by Crippen LogP contribution is -2.58. The standard InChI is InChI=1S/C20H32N4O/c1-2-15(13-22-19(21)24-3-5-25-6-4-24)14-23-20-10-16-7-17(11-20)9-18(8-16)12-20/h2,13,16-18,21,23H,3-12,14H2,1H3/b15-2+,21-19?,22-13?. The summed E-state index contributed by atoms with van der Waals surface area (Å²) in [7, 11) is 0. The number of aliphatic imine (C=N–C) groups is 1. The maximum Gasteiger partial charge on any atom is 0.217 e. The molecule has 4 bridgehead atoms. The average molecular weight is 345 g/mol. The number of hydrogen-bond acceptors (Lipinski definition) is 3. The monoisotopic (exact) mass is 344 g/mol. The molecule has 0 atom stereocenters. The molecule has 0 unspecified atom stereocenters. The minimum atomic E-state index is 0.359. The van der Waals surface area contributed by atoms with E-state index in [1.165, 1.54) is 44.1 Å². The lowest BCUT2D eigenvalue weighted by Gasteiger charge is -2.57. The van der Waals surface area contributed by atoms with E-state index in [1.807, 2.05) is 11.1 Å². The van der Waals surface area contributed by atoms with Crippen molar-refractivity contribution >= 4 is 12.2 Å². The molecule has 0 aromatic heterocycles. The van der Waals surface area contributed by atoms with Gasteiger partial charge in [-0.2, -0.15) is 0 Å². The maximum absolute atomic E-state index is 8.15. The topological polar surface area (TPSA) is 60.7 Å². The number of ether oxygens (including phenoxy) is 1. The molecule has 5 rings (SSSR count). The first-order valence-corrected chi connectivity index (χ1v) is 10.0. The fourth-order valence-electron chi connectivity index (χ4n) is 5.84. The van der Waals surface area contributed by atoms with Gasteiger partial charge in [-0.3, -0.25) is 5.41 Å². The number of morpholine rings is 1. The summed E-state index contributed by atoms with van der Waals surface area (Å²) < 4.78 is 5.34. The summed E-state index contributed by atoms with van der Waals surface area (Å²) in [6, 6.07) is 0. The number of rotatable bonds is 4. The zero-order valence-electron chi connectivity index (χ0n) is 15.5. The van der Waals surface area contributed by atoms with E-state index >= 15 is 0 Å². The Morgan fingerprint density at radius 1 is 1.16 bits per heavy atom. The van der Waals surface area contributed by atoms with Crippen LogP contribution in [0, 0.1) is 23.2 Å². The summed E-state index contributed by atoms with van der Waals surface area (Å²) in [5.41, 5.74) is 1.57. The third kappa shape index (κ3) is 3.82. The van der Waals surface area contributed by atoms with Crippen molar-refractivity contribution in [3.05, 3.63) is 11.6 Å². The third-order valence-electron chi connectivity index (χ3n) is 6.74. The lowest BCUT2D eigenvalue weighted by molar-refractivity contribution is -0.0180. The fourth-order valence-corrected chi connectivity index (χ4v) is 5.84. The molecule has 5 nitrogen and oxygen atoms in total. The van der Waals surface area contributed by atoms with Crippen LogP contribution < -0.4 is 5.32 Å². The fraction of sp³-hybridized carbons (Fsp3) is 0.800. The number of nitrogens with zero attached hydrogens (tertiary/aromatic N) is 2. The Balaban J connectivity index is 1.32. The van der Waals surface area contributed by atoms with Gasteiger partial charge in [0.25, 0.3) is 0 Å². The molecule has 138 valence electrons. The van der Waals surface area contributed by atoms with E-state index in [1.54, 1.807) is 0 Å². The number of guanidine groups is 1. The Bertz CT molecular complexity index is 527. The third-order valence-corrected chi connectivity index (χ3v) is 6.74. The van der Waals surface area contributed by atoms with Crippen LogP contribution in [0.15, 0.2) is 16.6 Å². The predicted molar refractivity (Wildman–Crippen MR) is 101 cm³/mol. The van der Waals surface area contributed by atoms with Gasteiger partial charge >= 0.3 is 0 Å². The Morgan fingerprint density at radius 2 is 1.76 bits per heavy atom. The number of nitrogens with one attached hydrogen (secondary N) is 2. The highest BCUT2D eigenvalue weighted by Gasteiger charge is 2.50. The average Bonchev–Trinajstić information content (AvgIpc) is 2.61. The van der Waals surface area contributed by atoms with E-state index in [0.29, 0.717) is 24.7 Å². The van der Waals surface area contributed by atoms with Crippen LogP contribution in [-0.4, -0.2) is 55.5 Å². The summed E-state index contributed by atoms with van der Waals surface area (Å²) in [6.45, 7) is 5.88. The van der Waals surface area contributed by atoms with Crippen molar-refractivity contribution in [3.8, 4) is 0 Å². The normalized spacial score (nSPS) is 37.9. The molecular weight excluding hydrogens is 312 g/mol. The summed E-state index contributed by atoms with van der Waals surface area (Å²) in [4.78, 5) is 6.39. The zero-order valence-corrected chi connectivity index (χ0v) is 15.5. The Labute approximate surface area is 151 Å². The van der Waals surface area contributed by atoms with Gasteiger partial charge in [-0.05, 0) is 68.8 Å². The Hall–Kier alpha value is -1.20. The molecule has 1 heterocycles. The molecule has 0 amide bonds. The summed E-state index contributed by atoms with van der Waals surface area (Å²) >= 11 is 0. The first kappa shape index (κ1) is 17.2. The van der Waals surface area contributed by atoms with Crippen LogP contribution in [0.5, 0.6) is 0 Å². The molecule has 2 N–H and O–H groups in total. The van der Waals surface area contributed by atoms with E-state index in [0.717, 1.165) is 37.4 Å². The highest BCUT2D eigenvalue weighted by atomic mass is 16.5. The molecule has 5 aliphatic rings. The van der Waals surface area contributed by atoms with Crippen LogP contribution in [0.25, 0.3) is 0 Å². The lowest BCUT2D eigenvalue weighted by atomic mass is 9.53. The van der Waals surface area contributed by atoms with Crippen molar-refractivity contribution in [3.63, 3.8) is 0 Å². The van der Waals surface area contributed by atoms with Gasteiger partial charge in [-0.1, -0.05) is 6.08 Å². The first-order valence-electron chi connectivity index (χ1n) is 10.0. The van der Waals surface area contributed by atoms with Crippen molar-refractivity contribution < 1.29 is 4.74 Å². The van der Waals surface area contributed by atoms with Gasteiger partial charge in [0.1, 0.15) is 0 Å². The van der Waals surface area contributed by atoms with Crippen LogP contribution in [0.2, 0.25) is 0 Å². The molecule has 4 aliphatic carbocycles. The van der Waals surface area contributed by atoms with E-state index in [-0.39, 0.29) is 0 Å². The second kappa shape index (κ2) is 7.20. The maximum atomic E-state index is 8.15. The molecule has 25 heavy (non-hydrogen) atoms. The van der Waals surface area contributed by atoms with Crippen molar-refractivity contribution in [1.82, 2.24) is 10.2 Å². The van der Waals surface area contributed by atoms with Gasteiger partial charge in [0, 0.05) is 31.4 Å². The zero-order chi connectivity index (χ0) is 17.3. The first-order chi connectivity index (χ1) is 12.2. The Kier molecular flexibility index (Phi) is 4.96. The molecule has 0 spiro atoms. The van der Waals surface area contributed by atoms with Gasteiger partial charge in [0.05, 0.1) is 13.2 Å². The number of hydrogen-bond donors (Lipinski definition) is 2. The molecule has 4 saturated carbocycles. The van der Waals surface area contributed by atoms with E-state index in [9.17, 15) is 0 Å². The minimum Gasteiger partial charge on any atom is -0.378 e. The van der Waals surface area contributed by atoms with Crippen LogP contribution in [0.4, 0.5) is 0 Å². The van der Waals surface area contributed by atoms with E-state index in [4.69, 9.17) is 10.1 Å². The van der Waals surface area contributed by atoms with Gasteiger partial charge in [0.2, 0.25) is 5.96 Å². The van der Waals surface area contributed by atoms with Crippen molar-refractivity contribution in [2.24, 2.45) is 22.7 Å². The van der Waals surface area contributed by atoms with Crippen molar-refractivity contribution in [2.45, 2.75) is 51.0 Å². The van der Waals surface area contributed by atoms with Gasteiger partial charge in [-0.25, -0.2) is 4.99 Å². The second-order valence-electron chi connectivity index (χ2n) is 8.60. The smallest absolute Gasteiger partial charge is 0.217 e. The molecule has 1 saturated heterocycles. The summed E-state index contributed by atoms with van der Waals surface area (Å²) in [6.07, 6.45) is 12.6. The van der Waals surface area contributed by atoms with Gasteiger partial charge in [0.15, 0.2) is 0 Å². The Morgan fingerprint density at radius 3 is 2.32 bits per heavy atom. The minimum absolute atomic E-state index is 0.359. The summed E-state index contributed by atoms with van der Waals surface area (Å²) in [5, 5.41) is 12.1. The van der Waals surface area contributed by atoms with Crippen molar-refractivity contribution in [2.75, 3.05) is 32.8 Å². The number of allylic oxidation sites excluding steroid dienone is 1. The molecule has 5 heteroatoms. The molecule has 0 aromatic carbocycles. The van der Waals surface area contributed by atoms with E-state index in [2.05, 4.69) is 23.3 Å². The van der Waals surface area contributed by atoms with E-state index < -0.39 is 0 Å². The van der Waals surface area contributed by atoms with Crippen LogP contribution in [-0.2, 0) is 4.74 Å². The highest BCUT2D eigenvalue weighted by molar-refractivity contribution is 5.92. The van der Waals surface area contributed by atoms with Crippen molar-refractivity contribution in [1.29, 1.82) is 5.41 Å². The quantitative estimate of drug-likeness (QED) is 0.609. The molecule has 0 aromatic rings. The molecular formula is C20H32N4O. The molecule has 5 fully saturated rings.